The first kappa shape index (κ1) is 42.6. The fourth-order valence-corrected chi connectivity index (χ4v) is 7.58. The van der Waals surface area contributed by atoms with E-state index >= 15 is 0 Å². The van der Waals surface area contributed by atoms with Crippen molar-refractivity contribution in [3.05, 3.63) is 82.9 Å². The maximum Gasteiger partial charge on any atom is 0.407 e. The number of halogens is 1. The van der Waals surface area contributed by atoms with Crippen LogP contribution in [0.5, 0.6) is 0 Å². The maximum atomic E-state index is 13.8. The number of anilines is 1. The number of carbonyl (C=O) groups excluding carboxylic acids is 4. The predicted octanol–water partition coefficient (Wildman–Crippen LogP) is 6.06. The quantitative estimate of drug-likeness (QED) is 0.0970. The van der Waals surface area contributed by atoms with Crippen LogP contribution < -0.4 is 21.3 Å². The van der Waals surface area contributed by atoms with Crippen LogP contribution in [0.1, 0.15) is 75.2 Å². The van der Waals surface area contributed by atoms with E-state index in [1.54, 1.807) is 36.4 Å². The number of nitrogens with zero attached hydrogens (tertiary/aromatic N) is 4. The normalized spacial score (nSPS) is 17.7. The molecule has 0 unspecified atom stereocenters. The first-order chi connectivity index (χ1) is 28.2. The molecule has 2 heterocycles. The standard InChI is InChI=1S/C42H50ClN9O7/c1-42(2,3)59-40(56)44-24-26-6-10-29(11-7-26)37(53)47-35(39(55)46-31-15-12-28(13-16-31)36-48-50-51-49-36)22-25-4-8-27(9-5-25)30-14-17-33(34(43)23-30)38(54)45-32-18-20-52(21-19-32)41(57)58/h4-5,8-9,12-17,23,26,29,32,35H,6-7,10-11,18-22,24H2,1-3H3,(H,44,56)(H,45,54)(H,46,55)(H,47,53)(H,57,58)(H,48,49,50,51)/t26?,29?,35-/m0/s1. The summed E-state index contributed by atoms with van der Waals surface area (Å²) in [5.41, 5.74) is 3.44. The van der Waals surface area contributed by atoms with E-state index in [1.807, 2.05) is 51.1 Å². The molecule has 6 N–H and O–H groups in total. The van der Waals surface area contributed by atoms with E-state index in [-0.39, 0.29) is 47.0 Å². The molecule has 1 aliphatic heterocycles. The lowest BCUT2D eigenvalue weighted by atomic mass is 9.81. The molecule has 16 nitrogen and oxygen atoms in total. The Morgan fingerprint density at radius 3 is 2.17 bits per heavy atom. The second kappa shape index (κ2) is 19.1. The molecule has 59 heavy (non-hydrogen) atoms. The Labute approximate surface area is 347 Å². The number of likely N-dealkylation sites (tertiary alicyclic amines) is 1. The van der Waals surface area contributed by atoms with Crippen molar-refractivity contribution in [2.75, 3.05) is 25.0 Å². The molecule has 2 fully saturated rings. The second-order valence-electron chi connectivity index (χ2n) is 16.1. The number of hydrogen-bond acceptors (Lipinski definition) is 9. The number of benzene rings is 3. The van der Waals surface area contributed by atoms with E-state index in [0.29, 0.717) is 68.0 Å². The topological polar surface area (TPSA) is 221 Å². The van der Waals surface area contributed by atoms with Crippen molar-refractivity contribution < 1.29 is 33.8 Å². The van der Waals surface area contributed by atoms with E-state index in [1.165, 1.54) is 4.90 Å². The minimum atomic E-state index is -0.961. The van der Waals surface area contributed by atoms with Crippen LogP contribution in [0.3, 0.4) is 0 Å². The summed E-state index contributed by atoms with van der Waals surface area (Å²) in [4.78, 5) is 65.3. The third kappa shape index (κ3) is 12.0. The number of carboxylic acid groups (broad SMARTS) is 1. The lowest BCUT2D eigenvalue weighted by Crippen LogP contribution is -2.48. The first-order valence-corrected chi connectivity index (χ1v) is 20.2. The Bertz CT molecular complexity index is 2090. The van der Waals surface area contributed by atoms with Crippen molar-refractivity contribution in [2.24, 2.45) is 11.8 Å². The molecule has 1 saturated heterocycles. The number of aromatic nitrogens is 4. The van der Waals surface area contributed by atoms with Crippen molar-refractivity contribution >= 4 is 47.2 Å². The molecule has 1 saturated carbocycles. The van der Waals surface area contributed by atoms with Gasteiger partial charge >= 0.3 is 12.2 Å². The Morgan fingerprint density at radius 1 is 0.898 bits per heavy atom. The molecular formula is C42H50ClN9O7. The van der Waals surface area contributed by atoms with Gasteiger partial charge in [0.05, 0.1) is 10.6 Å². The molecular weight excluding hydrogens is 778 g/mol. The van der Waals surface area contributed by atoms with Gasteiger partial charge in [-0.25, -0.2) is 9.59 Å². The average molecular weight is 828 g/mol. The average Bonchev–Trinajstić information content (AvgIpc) is 3.75. The van der Waals surface area contributed by atoms with Crippen molar-refractivity contribution in [3.8, 4) is 22.5 Å². The molecule has 3 aromatic carbocycles. The van der Waals surface area contributed by atoms with Crippen molar-refractivity contribution in [1.82, 2.24) is 41.5 Å². The lowest BCUT2D eigenvalue weighted by molar-refractivity contribution is -0.130. The molecule has 0 spiro atoms. The highest BCUT2D eigenvalue weighted by molar-refractivity contribution is 6.34. The van der Waals surface area contributed by atoms with Gasteiger partial charge in [-0.3, -0.25) is 14.4 Å². The van der Waals surface area contributed by atoms with E-state index in [9.17, 15) is 29.1 Å². The van der Waals surface area contributed by atoms with Crippen LogP contribution >= 0.6 is 11.6 Å². The van der Waals surface area contributed by atoms with Crippen LogP contribution in [0.4, 0.5) is 15.3 Å². The minimum Gasteiger partial charge on any atom is -0.465 e. The fraction of sp³-hybridized carbons (Fsp3) is 0.429. The highest BCUT2D eigenvalue weighted by Crippen LogP contribution is 2.30. The molecule has 312 valence electrons. The number of piperidine rings is 1. The summed E-state index contributed by atoms with van der Waals surface area (Å²) in [5, 5.41) is 35.2. The molecule has 1 aliphatic carbocycles. The smallest absolute Gasteiger partial charge is 0.407 e. The first-order valence-electron chi connectivity index (χ1n) is 19.8. The van der Waals surface area contributed by atoms with Gasteiger partial charge in [-0.2, -0.15) is 5.21 Å². The second-order valence-corrected chi connectivity index (χ2v) is 16.5. The third-order valence-electron chi connectivity index (χ3n) is 10.6. The Balaban J connectivity index is 1.09. The summed E-state index contributed by atoms with van der Waals surface area (Å²) in [7, 11) is 0. The molecule has 4 aromatic rings. The SMILES string of the molecule is CC(C)(C)OC(=O)NCC1CCC(C(=O)N[C@@H](Cc2ccc(-c3ccc(C(=O)NC4CCN(C(=O)O)CC4)c(Cl)c3)cc2)C(=O)Nc2ccc(-c3nn[nH]n3)cc2)CC1. The van der Waals surface area contributed by atoms with Crippen LogP contribution in [-0.2, 0) is 20.7 Å². The molecule has 5 amide bonds. The summed E-state index contributed by atoms with van der Waals surface area (Å²) >= 11 is 6.60. The van der Waals surface area contributed by atoms with Gasteiger partial charge in [0.25, 0.3) is 5.91 Å². The van der Waals surface area contributed by atoms with Crippen LogP contribution in [-0.4, -0.2) is 97.9 Å². The van der Waals surface area contributed by atoms with Gasteiger partial charge in [-0.1, -0.05) is 41.9 Å². The number of rotatable bonds is 12. The number of nitrogens with one attached hydrogen (secondary N) is 5. The van der Waals surface area contributed by atoms with Gasteiger partial charge in [-0.15, -0.1) is 10.2 Å². The minimum absolute atomic E-state index is 0.143. The highest BCUT2D eigenvalue weighted by Gasteiger charge is 2.31. The van der Waals surface area contributed by atoms with Crippen LogP contribution in [0.2, 0.25) is 5.02 Å². The summed E-state index contributed by atoms with van der Waals surface area (Å²) in [6.07, 6.45) is 2.62. The number of tetrazole rings is 1. The fourth-order valence-electron chi connectivity index (χ4n) is 7.31. The van der Waals surface area contributed by atoms with Gasteiger partial charge in [0.1, 0.15) is 11.6 Å². The van der Waals surface area contributed by atoms with Gasteiger partial charge < -0.3 is 36.0 Å². The predicted molar refractivity (Wildman–Crippen MR) is 221 cm³/mol. The van der Waals surface area contributed by atoms with Gasteiger partial charge in [0.2, 0.25) is 17.6 Å². The summed E-state index contributed by atoms with van der Waals surface area (Å²) in [6.45, 7) is 6.63. The molecule has 0 bridgehead atoms. The number of H-pyrrole nitrogens is 1. The molecule has 1 atom stereocenters. The molecule has 17 heteroatoms. The number of amides is 5. The summed E-state index contributed by atoms with van der Waals surface area (Å²) < 4.78 is 5.35. The zero-order valence-corrected chi connectivity index (χ0v) is 34.1. The number of carbonyl (C=O) groups is 5. The van der Waals surface area contributed by atoms with E-state index in [2.05, 4.69) is 41.9 Å². The number of hydrogen-bond donors (Lipinski definition) is 6. The van der Waals surface area contributed by atoms with Crippen LogP contribution in [0, 0.1) is 11.8 Å². The van der Waals surface area contributed by atoms with Crippen LogP contribution in [0.15, 0.2) is 66.7 Å². The van der Waals surface area contributed by atoms with Crippen LogP contribution in [0.25, 0.3) is 22.5 Å². The lowest BCUT2D eigenvalue weighted by Gasteiger charge is -2.30. The largest absolute Gasteiger partial charge is 0.465 e. The third-order valence-corrected chi connectivity index (χ3v) is 10.9. The monoisotopic (exact) mass is 827 g/mol. The van der Waals surface area contributed by atoms with Gasteiger partial charge in [0, 0.05) is 49.3 Å². The molecule has 2 aliphatic rings. The van der Waals surface area contributed by atoms with E-state index in [0.717, 1.165) is 29.5 Å². The number of alkyl carbamates (subject to hydrolysis) is 1. The number of ether oxygens (including phenoxy) is 1. The van der Waals surface area contributed by atoms with Crippen molar-refractivity contribution in [1.29, 1.82) is 0 Å². The van der Waals surface area contributed by atoms with Gasteiger partial charge in [0.15, 0.2) is 0 Å². The Kier molecular flexibility index (Phi) is 13.8. The summed E-state index contributed by atoms with van der Waals surface area (Å²) in [6, 6.07) is 18.7. The Hall–Kier alpha value is -6.03. The van der Waals surface area contributed by atoms with E-state index in [4.69, 9.17) is 16.3 Å². The van der Waals surface area contributed by atoms with E-state index < -0.39 is 23.8 Å². The van der Waals surface area contributed by atoms with Crippen molar-refractivity contribution in [3.63, 3.8) is 0 Å². The number of aromatic amines is 1. The zero-order valence-electron chi connectivity index (χ0n) is 33.3. The van der Waals surface area contributed by atoms with Gasteiger partial charge in [-0.05, 0) is 124 Å². The van der Waals surface area contributed by atoms with Crippen molar-refractivity contribution in [2.45, 2.75) is 83.4 Å². The molecule has 1 aromatic heterocycles. The Morgan fingerprint density at radius 2 is 1.56 bits per heavy atom. The highest BCUT2D eigenvalue weighted by atomic mass is 35.5. The molecule has 0 radical (unpaired) electrons. The molecule has 6 rings (SSSR count). The summed E-state index contributed by atoms with van der Waals surface area (Å²) in [5.74, 6) is -0.529. The maximum absolute atomic E-state index is 13.8. The zero-order chi connectivity index (χ0) is 42.1.